The van der Waals surface area contributed by atoms with Crippen molar-refractivity contribution in [2.75, 3.05) is 5.32 Å². The van der Waals surface area contributed by atoms with E-state index in [1.165, 1.54) is 12.3 Å². The Morgan fingerprint density at radius 2 is 2.21 bits per heavy atom. The smallest absolute Gasteiger partial charge is 0.311 e. The van der Waals surface area contributed by atoms with Crippen LogP contribution in [-0.4, -0.2) is 22.0 Å². The second kappa shape index (κ2) is 5.34. The van der Waals surface area contributed by atoms with Crippen LogP contribution in [0.4, 0.5) is 5.69 Å². The van der Waals surface area contributed by atoms with Gasteiger partial charge in [-0.2, -0.15) is 0 Å². The van der Waals surface area contributed by atoms with Crippen LogP contribution >= 0.6 is 0 Å². The molecule has 1 amide bonds. The van der Waals surface area contributed by atoms with Crippen LogP contribution in [0.25, 0.3) is 0 Å². The number of carboxylic acids is 1. The minimum absolute atomic E-state index is 0.135. The number of aromatic nitrogens is 1. The zero-order valence-corrected chi connectivity index (χ0v) is 10.2. The molecule has 19 heavy (non-hydrogen) atoms. The molecule has 6 heteroatoms. The van der Waals surface area contributed by atoms with E-state index in [4.69, 9.17) is 9.52 Å². The lowest BCUT2D eigenvalue weighted by atomic mass is 10.2. The van der Waals surface area contributed by atoms with Crippen molar-refractivity contribution in [3.8, 4) is 0 Å². The number of amides is 1. The van der Waals surface area contributed by atoms with Crippen molar-refractivity contribution in [1.29, 1.82) is 0 Å². The number of hydrogen-bond acceptors (Lipinski definition) is 4. The zero-order chi connectivity index (χ0) is 13.8. The number of carboxylic acid groups (broad SMARTS) is 1. The number of pyridine rings is 1. The van der Waals surface area contributed by atoms with E-state index in [0.717, 1.165) is 5.69 Å². The summed E-state index contributed by atoms with van der Waals surface area (Å²) in [7, 11) is 0. The summed E-state index contributed by atoms with van der Waals surface area (Å²) < 4.78 is 5.00. The molecule has 98 valence electrons. The first-order valence-electron chi connectivity index (χ1n) is 5.58. The second-order valence-corrected chi connectivity index (χ2v) is 3.97. The molecule has 0 atom stereocenters. The molecule has 0 aliphatic rings. The normalized spacial score (nSPS) is 10.2. The second-order valence-electron chi connectivity index (χ2n) is 3.97. The van der Waals surface area contributed by atoms with Gasteiger partial charge in [-0.15, -0.1) is 0 Å². The van der Waals surface area contributed by atoms with Gasteiger partial charge in [-0.05, 0) is 25.1 Å². The molecule has 0 fully saturated rings. The Morgan fingerprint density at radius 3 is 2.89 bits per heavy atom. The molecule has 0 spiro atoms. The lowest BCUT2D eigenvalue weighted by Crippen LogP contribution is -2.14. The minimum Gasteiger partial charge on any atom is -0.481 e. The number of furan rings is 1. The van der Waals surface area contributed by atoms with Gasteiger partial charge in [0.1, 0.15) is 12.2 Å². The van der Waals surface area contributed by atoms with Crippen molar-refractivity contribution in [3.05, 3.63) is 47.7 Å². The molecule has 2 N–H and O–H groups in total. The van der Waals surface area contributed by atoms with Crippen LogP contribution in [0.1, 0.15) is 21.8 Å². The van der Waals surface area contributed by atoms with Gasteiger partial charge in [0.05, 0.1) is 11.8 Å². The molecule has 0 aliphatic carbocycles. The summed E-state index contributed by atoms with van der Waals surface area (Å²) in [6, 6.07) is 4.82. The summed E-state index contributed by atoms with van der Waals surface area (Å²) in [4.78, 5) is 26.7. The van der Waals surface area contributed by atoms with Crippen LogP contribution in [0.5, 0.6) is 0 Å². The number of nitrogens with zero attached hydrogens (tertiary/aromatic N) is 1. The number of rotatable bonds is 4. The van der Waals surface area contributed by atoms with Crippen LogP contribution in [0.3, 0.4) is 0 Å². The molecule has 2 aromatic rings. The van der Waals surface area contributed by atoms with E-state index < -0.39 is 11.9 Å². The van der Waals surface area contributed by atoms with E-state index in [1.807, 2.05) is 6.92 Å². The van der Waals surface area contributed by atoms with Gasteiger partial charge in [-0.3, -0.25) is 14.6 Å². The molecule has 2 aromatic heterocycles. The third-order valence-electron chi connectivity index (χ3n) is 2.46. The highest BCUT2D eigenvalue weighted by atomic mass is 16.4. The van der Waals surface area contributed by atoms with Crippen LogP contribution < -0.4 is 5.32 Å². The maximum Gasteiger partial charge on any atom is 0.311 e. The highest BCUT2D eigenvalue weighted by molar-refractivity contribution is 6.05. The monoisotopic (exact) mass is 260 g/mol. The van der Waals surface area contributed by atoms with Gasteiger partial charge in [-0.25, -0.2) is 0 Å². The van der Waals surface area contributed by atoms with Gasteiger partial charge in [0.15, 0.2) is 0 Å². The fourth-order valence-corrected chi connectivity index (χ4v) is 1.64. The first-order chi connectivity index (χ1) is 9.06. The molecule has 0 saturated heterocycles. The molecule has 0 radical (unpaired) electrons. The molecule has 0 bridgehead atoms. The number of aliphatic carboxylic acids is 1. The van der Waals surface area contributed by atoms with Gasteiger partial charge >= 0.3 is 5.97 Å². The van der Waals surface area contributed by atoms with Crippen molar-refractivity contribution in [2.45, 2.75) is 13.3 Å². The quantitative estimate of drug-likeness (QED) is 0.875. The number of nitrogens with one attached hydrogen (secondary N) is 1. The van der Waals surface area contributed by atoms with Crippen molar-refractivity contribution >= 4 is 17.6 Å². The molecule has 2 heterocycles. The van der Waals surface area contributed by atoms with Gasteiger partial charge < -0.3 is 14.8 Å². The fourth-order valence-electron chi connectivity index (χ4n) is 1.64. The summed E-state index contributed by atoms with van der Waals surface area (Å²) in [6.07, 6.45) is 2.55. The molecule has 0 aromatic carbocycles. The Morgan fingerprint density at radius 1 is 1.42 bits per heavy atom. The van der Waals surface area contributed by atoms with E-state index >= 15 is 0 Å². The zero-order valence-electron chi connectivity index (χ0n) is 10.2. The number of carbonyl (C=O) groups excluding carboxylic acids is 1. The fraction of sp³-hybridized carbons (Fsp3) is 0.154. The Bertz CT molecular complexity index is 619. The van der Waals surface area contributed by atoms with E-state index in [1.54, 1.807) is 18.3 Å². The maximum absolute atomic E-state index is 12.0. The first-order valence-corrected chi connectivity index (χ1v) is 5.58. The van der Waals surface area contributed by atoms with Crippen LogP contribution in [0.2, 0.25) is 0 Å². The van der Waals surface area contributed by atoms with Crippen molar-refractivity contribution in [1.82, 2.24) is 4.98 Å². The van der Waals surface area contributed by atoms with Crippen molar-refractivity contribution in [3.63, 3.8) is 0 Å². The standard InChI is InChI=1S/C13H12N2O4/c1-8-6-9(2-4-14-8)15-13(18)10-3-5-19-11(10)7-12(16)17/h2-6H,7H2,1H3,(H,16,17)(H,14,15,18). The third-order valence-corrected chi connectivity index (χ3v) is 2.46. The molecule has 6 nitrogen and oxygen atoms in total. The first kappa shape index (κ1) is 12.8. The van der Waals surface area contributed by atoms with Crippen LogP contribution in [0.15, 0.2) is 35.1 Å². The largest absolute Gasteiger partial charge is 0.481 e. The Balaban J connectivity index is 2.16. The van der Waals surface area contributed by atoms with Crippen LogP contribution in [0, 0.1) is 6.92 Å². The Kier molecular flexibility index (Phi) is 3.61. The third kappa shape index (κ3) is 3.19. The van der Waals surface area contributed by atoms with Gasteiger partial charge in [0.2, 0.25) is 0 Å². The number of carbonyl (C=O) groups is 2. The number of anilines is 1. The minimum atomic E-state index is -1.05. The summed E-state index contributed by atoms with van der Waals surface area (Å²) in [6.45, 7) is 1.81. The summed E-state index contributed by atoms with van der Waals surface area (Å²) in [5, 5.41) is 11.4. The highest BCUT2D eigenvalue weighted by Gasteiger charge is 2.17. The number of aryl methyl sites for hydroxylation is 1. The van der Waals surface area contributed by atoms with E-state index in [2.05, 4.69) is 10.3 Å². The van der Waals surface area contributed by atoms with E-state index in [0.29, 0.717) is 5.69 Å². The summed E-state index contributed by atoms with van der Waals surface area (Å²) in [5.74, 6) is -1.32. The predicted octanol–water partition coefficient (Wildman–Crippen LogP) is 1.86. The average molecular weight is 260 g/mol. The van der Waals surface area contributed by atoms with Crippen molar-refractivity contribution in [2.24, 2.45) is 0 Å². The summed E-state index contributed by atoms with van der Waals surface area (Å²) >= 11 is 0. The Labute approximate surface area is 109 Å². The molecule has 0 unspecified atom stereocenters. The average Bonchev–Trinajstić information content (AvgIpc) is 2.76. The van der Waals surface area contributed by atoms with E-state index in [-0.39, 0.29) is 17.7 Å². The van der Waals surface area contributed by atoms with Crippen LogP contribution in [-0.2, 0) is 11.2 Å². The van der Waals surface area contributed by atoms with Gasteiger partial charge in [0.25, 0.3) is 5.91 Å². The lowest BCUT2D eigenvalue weighted by molar-refractivity contribution is -0.136. The Hall–Kier alpha value is -2.63. The molecule has 2 rings (SSSR count). The number of hydrogen-bond donors (Lipinski definition) is 2. The highest BCUT2D eigenvalue weighted by Crippen LogP contribution is 2.15. The van der Waals surface area contributed by atoms with Crippen molar-refractivity contribution < 1.29 is 19.1 Å². The molecular formula is C13H12N2O4. The van der Waals surface area contributed by atoms with E-state index in [9.17, 15) is 9.59 Å². The maximum atomic E-state index is 12.0. The molecule has 0 saturated carbocycles. The topological polar surface area (TPSA) is 92.4 Å². The summed E-state index contributed by atoms with van der Waals surface area (Å²) in [5.41, 5.74) is 1.59. The van der Waals surface area contributed by atoms with Gasteiger partial charge in [-0.1, -0.05) is 0 Å². The molecular weight excluding hydrogens is 248 g/mol. The lowest BCUT2D eigenvalue weighted by Gasteiger charge is -2.05. The SMILES string of the molecule is Cc1cc(NC(=O)c2ccoc2CC(=O)O)ccn1. The predicted molar refractivity (Wildman–Crippen MR) is 67.0 cm³/mol. The molecule has 0 aliphatic heterocycles. The van der Waals surface area contributed by atoms with Gasteiger partial charge in [0, 0.05) is 17.6 Å².